The number of hydrogen-bond donors (Lipinski definition) is 1. The van der Waals surface area contributed by atoms with Crippen molar-refractivity contribution in [2.75, 3.05) is 13.2 Å². The highest BCUT2D eigenvalue weighted by atomic mass is 35.5. The number of amides is 1. The number of aromatic nitrogens is 1. The van der Waals surface area contributed by atoms with Crippen LogP contribution in [0.5, 0.6) is 5.88 Å². The molecule has 1 N–H and O–H groups in total. The molecule has 2 aromatic rings. The Kier molecular flexibility index (Phi) is 8.21. The summed E-state index contributed by atoms with van der Waals surface area (Å²) >= 11 is 12.2. The molecule has 7 nitrogen and oxygen atoms in total. The molecule has 3 rings (SSSR count). The zero-order valence-electron chi connectivity index (χ0n) is 19.1. The maximum absolute atomic E-state index is 13.5. The van der Waals surface area contributed by atoms with Crippen LogP contribution in [0.3, 0.4) is 0 Å². The highest BCUT2D eigenvalue weighted by molar-refractivity contribution is 6.42. The molecule has 0 saturated carbocycles. The van der Waals surface area contributed by atoms with E-state index >= 15 is 0 Å². The topological polar surface area (TPSA) is 86.8 Å². The smallest absolute Gasteiger partial charge is 0.408 e. The molecule has 1 fully saturated rings. The quantitative estimate of drug-likeness (QED) is 0.517. The molecule has 1 aliphatic rings. The van der Waals surface area contributed by atoms with Gasteiger partial charge in [-0.2, -0.15) is 0 Å². The number of carbonyl (C=O) groups is 2. The minimum Gasteiger partial charge on any atom is -0.474 e. The minimum atomic E-state index is -1.04. The van der Waals surface area contributed by atoms with Gasteiger partial charge in [0.05, 0.1) is 23.3 Å². The fraction of sp³-hybridized carbons (Fsp3) is 0.458. The molecule has 1 aliphatic heterocycles. The summed E-state index contributed by atoms with van der Waals surface area (Å²) in [7, 11) is 0. The SMILES string of the molecule is Cc1cc(C(=O)C(NC(=O)OC(C)(C)C)c2ccc(Cl)c(Cl)c2)cnc1OC1CCOCC1. The first-order chi connectivity index (χ1) is 15.5. The number of ketones is 1. The molecular weight excluding hydrogens is 467 g/mol. The van der Waals surface area contributed by atoms with E-state index in [0.717, 1.165) is 18.4 Å². The fourth-order valence-corrected chi connectivity index (χ4v) is 3.66. The number of ether oxygens (including phenoxy) is 3. The van der Waals surface area contributed by atoms with E-state index in [1.165, 1.54) is 6.20 Å². The lowest BCUT2D eigenvalue weighted by Gasteiger charge is -2.24. The average molecular weight is 495 g/mol. The monoisotopic (exact) mass is 494 g/mol. The van der Waals surface area contributed by atoms with Crippen LogP contribution in [0.1, 0.15) is 61.1 Å². The van der Waals surface area contributed by atoms with Crippen molar-refractivity contribution in [2.24, 2.45) is 0 Å². The van der Waals surface area contributed by atoms with Crippen LogP contribution in [-0.4, -0.2) is 41.8 Å². The Bertz CT molecular complexity index is 1020. The van der Waals surface area contributed by atoms with Crippen LogP contribution in [-0.2, 0) is 9.47 Å². The zero-order chi connectivity index (χ0) is 24.2. The van der Waals surface area contributed by atoms with Crippen LogP contribution < -0.4 is 10.1 Å². The summed E-state index contributed by atoms with van der Waals surface area (Å²) in [5.41, 5.74) is 0.785. The average Bonchev–Trinajstić information content (AvgIpc) is 2.74. The largest absolute Gasteiger partial charge is 0.474 e. The first-order valence-electron chi connectivity index (χ1n) is 10.7. The van der Waals surface area contributed by atoms with E-state index in [1.54, 1.807) is 45.0 Å². The lowest BCUT2D eigenvalue weighted by atomic mass is 9.97. The standard InChI is InChI=1S/C24H28Cl2N2O5/c1-14-11-16(13-27-22(14)32-17-7-9-31-10-8-17)21(29)20(28-23(30)33-24(2,3)4)15-5-6-18(25)19(26)12-15/h5-6,11-13,17,20H,7-10H2,1-4H3,(H,28,30). The Morgan fingerprint density at radius 1 is 1.15 bits per heavy atom. The van der Waals surface area contributed by atoms with Gasteiger partial charge in [0.1, 0.15) is 17.7 Å². The van der Waals surface area contributed by atoms with Crippen LogP contribution in [0, 0.1) is 6.92 Å². The van der Waals surface area contributed by atoms with Crippen LogP contribution in [0.25, 0.3) is 0 Å². The van der Waals surface area contributed by atoms with Gasteiger partial charge in [-0.05, 0) is 51.5 Å². The Balaban J connectivity index is 1.85. The molecule has 1 aromatic heterocycles. The summed E-state index contributed by atoms with van der Waals surface area (Å²) in [5.74, 6) is 0.108. The molecule has 0 aliphatic carbocycles. The van der Waals surface area contributed by atoms with Gasteiger partial charge in [-0.25, -0.2) is 9.78 Å². The number of benzene rings is 1. The van der Waals surface area contributed by atoms with E-state index in [9.17, 15) is 9.59 Å². The summed E-state index contributed by atoms with van der Waals surface area (Å²) in [6.45, 7) is 8.37. The lowest BCUT2D eigenvalue weighted by molar-refractivity contribution is 0.0234. The minimum absolute atomic E-state index is 0.0318. The van der Waals surface area contributed by atoms with Crippen molar-refractivity contribution in [3.05, 3.63) is 57.2 Å². The Labute approximate surface area is 203 Å². The van der Waals surface area contributed by atoms with Crippen LogP contribution >= 0.6 is 23.2 Å². The number of halogens is 2. The lowest BCUT2D eigenvalue weighted by Crippen LogP contribution is -2.38. The number of Topliss-reactive ketones (excluding diaryl/α,β-unsaturated/α-hetero) is 1. The summed E-state index contributed by atoms with van der Waals surface area (Å²) in [6, 6.07) is 5.41. The van der Waals surface area contributed by atoms with E-state index in [0.29, 0.717) is 35.2 Å². The van der Waals surface area contributed by atoms with Crippen molar-refractivity contribution in [1.29, 1.82) is 0 Å². The number of hydrogen-bond acceptors (Lipinski definition) is 6. The van der Waals surface area contributed by atoms with Crippen molar-refractivity contribution in [1.82, 2.24) is 10.3 Å². The van der Waals surface area contributed by atoms with Crippen molar-refractivity contribution in [3.8, 4) is 5.88 Å². The molecule has 0 spiro atoms. The summed E-state index contributed by atoms with van der Waals surface area (Å²) in [6.07, 6.45) is 2.34. The van der Waals surface area contributed by atoms with Crippen LogP contribution in [0.15, 0.2) is 30.5 Å². The first-order valence-corrected chi connectivity index (χ1v) is 11.5. The van der Waals surface area contributed by atoms with Gasteiger partial charge in [0.15, 0.2) is 5.78 Å². The highest BCUT2D eigenvalue weighted by Crippen LogP contribution is 2.29. The van der Waals surface area contributed by atoms with Gasteiger partial charge in [0.2, 0.25) is 5.88 Å². The van der Waals surface area contributed by atoms with Gasteiger partial charge in [0.25, 0.3) is 0 Å². The van der Waals surface area contributed by atoms with Crippen molar-refractivity contribution in [2.45, 2.75) is 58.3 Å². The van der Waals surface area contributed by atoms with Gasteiger partial charge < -0.3 is 19.5 Å². The molecule has 9 heteroatoms. The third-order valence-electron chi connectivity index (χ3n) is 4.96. The number of rotatable bonds is 6. The molecule has 178 valence electrons. The second-order valence-corrected chi connectivity index (χ2v) is 9.71. The second kappa shape index (κ2) is 10.7. The van der Waals surface area contributed by atoms with Crippen molar-refractivity contribution < 1.29 is 23.8 Å². The van der Waals surface area contributed by atoms with Crippen molar-refractivity contribution in [3.63, 3.8) is 0 Å². The van der Waals surface area contributed by atoms with Gasteiger partial charge in [-0.1, -0.05) is 29.3 Å². The van der Waals surface area contributed by atoms with E-state index in [2.05, 4.69) is 10.3 Å². The van der Waals surface area contributed by atoms with Gasteiger partial charge in [-0.3, -0.25) is 4.79 Å². The van der Waals surface area contributed by atoms with E-state index in [4.69, 9.17) is 37.4 Å². The van der Waals surface area contributed by atoms with Gasteiger partial charge in [-0.15, -0.1) is 0 Å². The third-order valence-corrected chi connectivity index (χ3v) is 5.70. The Morgan fingerprint density at radius 3 is 2.45 bits per heavy atom. The molecular formula is C24H28Cl2N2O5. The maximum atomic E-state index is 13.5. The van der Waals surface area contributed by atoms with E-state index < -0.39 is 17.7 Å². The number of nitrogens with zero attached hydrogens (tertiary/aromatic N) is 1. The van der Waals surface area contributed by atoms with Crippen molar-refractivity contribution >= 4 is 35.1 Å². The normalized spacial score (nSPS) is 15.6. The third kappa shape index (κ3) is 7.06. The van der Waals surface area contributed by atoms with Gasteiger partial charge >= 0.3 is 6.09 Å². The predicted octanol–water partition coefficient (Wildman–Crippen LogP) is 5.70. The summed E-state index contributed by atoms with van der Waals surface area (Å²) in [4.78, 5) is 30.3. The molecule has 1 atom stereocenters. The molecule has 1 saturated heterocycles. The molecule has 0 radical (unpaired) electrons. The Morgan fingerprint density at radius 2 is 1.85 bits per heavy atom. The predicted molar refractivity (Wildman–Crippen MR) is 126 cm³/mol. The number of aryl methyl sites for hydroxylation is 1. The number of pyridine rings is 1. The van der Waals surface area contributed by atoms with Crippen LogP contribution in [0.4, 0.5) is 4.79 Å². The van der Waals surface area contributed by atoms with Crippen LogP contribution in [0.2, 0.25) is 10.0 Å². The summed E-state index contributed by atoms with van der Waals surface area (Å²) < 4.78 is 16.7. The maximum Gasteiger partial charge on any atom is 0.408 e. The Hall–Kier alpha value is -2.35. The molecule has 33 heavy (non-hydrogen) atoms. The fourth-order valence-electron chi connectivity index (χ4n) is 3.36. The number of alkyl carbamates (subject to hydrolysis) is 1. The molecule has 1 aromatic carbocycles. The first kappa shape index (κ1) is 25.3. The summed E-state index contributed by atoms with van der Waals surface area (Å²) in [5, 5.41) is 3.26. The number of nitrogens with one attached hydrogen (secondary N) is 1. The highest BCUT2D eigenvalue weighted by Gasteiger charge is 2.28. The van der Waals surface area contributed by atoms with E-state index in [-0.39, 0.29) is 16.9 Å². The van der Waals surface area contributed by atoms with E-state index in [1.807, 2.05) is 6.92 Å². The molecule has 2 heterocycles. The van der Waals surface area contributed by atoms with Gasteiger partial charge in [0, 0.05) is 30.2 Å². The molecule has 1 unspecified atom stereocenters. The molecule has 1 amide bonds. The second-order valence-electron chi connectivity index (χ2n) is 8.89. The number of carbonyl (C=O) groups excluding carboxylic acids is 2. The zero-order valence-corrected chi connectivity index (χ0v) is 20.6. The molecule has 0 bridgehead atoms.